The third-order valence-electron chi connectivity index (χ3n) is 2.81. The van der Waals surface area contributed by atoms with Crippen molar-refractivity contribution in [3.8, 4) is 11.5 Å². The molecule has 6 heteroatoms. The summed E-state index contributed by atoms with van der Waals surface area (Å²) in [5, 5.41) is 0.345. The number of pyridine rings is 1. The number of thioether (sulfide) groups is 1. The number of methoxy groups -OCH3 is 1. The highest BCUT2D eigenvalue weighted by Gasteiger charge is 2.12. The Bertz CT molecular complexity index is 605. The number of hydrogen-bond acceptors (Lipinski definition) is 5. The second-order valence-electron chi connectivity index (χ2n) is 4.33. The van der Waals surface area contributed by atoms with Gasteiger partial charge in [0.05, 0.1) is 12.0 Å². The number of benzene rings is 1. The molecule has 21 heavy (non-hydrogen) atoms. The van der Waals surface area contributed by atoms with Gasteiger partial charge in [-0.15, -0.1) is 11.8 Å². The van der Waals surface area contributed by atoms with Crippen LogP contribution >= 0.6 is 23.4 Å². The van der Waals surface area contributed by atoms with Crippen molar-refractivity contribution < 1.29 is 9.47 Å². The zero-order chi connectivity index (χ0) is 15.2. The maximum atomic E-state index is 6.11. The topological polar surface area (TPSA) is 57.4 Å². The minimum atomic E-state index is 0.0700. The molecule has 1 heterocycles. The monoisotopic (exact) mass is 324 g/mol. The van der Waals surface area contributed by atoms with Crippen LogP contribution in [0.5, 0.6) is 11.5 Å². The maximum absolute atomic E-state index is 6.11. The highest BCUT2D eigenvalue weighted by molar-refractivity contribution is 7.98. The molecular formula is C15H17ClN2O2S. The lowest BCUT2D eigenvalue weighted by Crippen LogP contribution is -2.09. The molecule has 0 radical (unpaired) electrons. The summed E-state index contributed by atoms with van der Waals surface area (Å²) in [5.74, 6) is 2.19. The summed E-state index contributed by atoms with van der Waals surface area (Å²) in [6, 6.07) is 9.90. The van der Waals surface area contributed by atoms with Crippen molar-refractivity contribution in [1.82, 2.24) is 4.98 Å². The van der Waals surface area contributed by atoms with Gasteiger partial charge in [-0.2, -0.15) is 0 Å². The summed E-state index contributed by atoms with van der Waals surface area (Å²) in [4.78, 5) is 5.12. The van der Waals surface area contributed by atoms with Crippen LogP contribution in [-0.2, 0) is 5.75 Å². The molecule has 0 fully saturated rings. The Kier molecular flexibility index (Phi) is 5.73. The van der Waals surface area contributed by atoms with Crippen LogP contribution in [0.4, 0.5) is 0 Å². The van der Waals surface area contributed by atoms with E-state index in [1.807, 2.05) is 37.3 Å². The van der Waals surface area contributed by atoms with Gasteiger partial charge in [-0.25, -0.2) is 4.98 Å². The average Bonchev–Trinajstić information content (AvgIpc) is 2.48. The summed E-state index contributed by atoms with van der Waals surface area (Å²) >= 11 is 7.75. The lowest BCUT2D eigenvalue weighted by atomic mass is 10.2. The van der Waals surface area contributed by atoms with E-state index in [1.54, 1.807) is 18.9 Å². The Morgan fingerprint density at radius 1 is 1.29 bits per heavy atom. The molecule has 2 aromatic rings. The van der Waals surface area contributed by atoms with Crippen LogP contribution in [0, 0.1) is 6.92 Å². The third-order valence-corrected chi connectivity index (χ3v) is 4.15. The van der Waals surface area contributed by atoms with E-state index in [0.717, 1.165) is 22.1 Å². The summed E-state index contributed by atoms with van der Waals surface area (Å²) in [6.45, 7) is 1.97. The van der Waals surface area contributed by atoms with E-state index in [0.29, 0.717) is 10.9 Å². The lowest BCUT2D eigenvalue weighted by molar-refractivity contribution is 0.320. The predicted molar refractivity (Wildman–Crippen MR) is 86.2 cm³/mol. The number of ether oxygens (including phenoxy) is 2. The van der Waals surface area contributed by atoms with Crippen LogP contribution in [0.2, 0.25) is 5.15 Å². The zero-order valence-electron chi connectivity index (χ0n) is 11.9. The first kappa shape index (κ1) is 15.9. The molecular weight excluding hydrogens is 308 g/mol. The molecule has 4 nitrogen and oxygen atoms in total. The van der Waals surface area contributed by atoms with Crippen LogP contribution in [0.15, 0.2) is 35.2 Å². The van der Waals surface area contributed by atoms with Crippen molar-refractivity contribution in [2.75, 3.05) is 13.8 Å². The van der Waals surface area contributed by atoms with E-state index < -0.39 is 0 Å². The molecule has 0 spiro atoms. The van der Waals surface area contributed by atoms with E-state index in [2.05, 4.69) is 4.98 Å². The van der Waals surface area contributed by atoms with Crippen molar-refractivity contribution in [3.05, 3.63) is 46.7 Å². The minimum absolute atomic E-state index is 0.0700. The van der Waals surface area contributed by atoms with Gasteiger partial charge in [0.2, 0.25) is 0 Å². The number of nitrogens with two attached hydrogens (primary N) is 1. The normalized spacial score (nSPS) is 10.5. The van der Waals surface area contributed by atoms with Crippen LogP contribution < -0.4 is 15.2 Å². The molecule has 0 amide bonds. The van der Waals surface area contributed by atoms with Crippen LogP contribution in [0.25, 0.3) is 0 Å². The Hall–Kier alpha value is -1.43. The molecule has 112 valence electrons. The molecule has 1 aromatic carbocycles. The quantitative estimate of drug-likeness (QED) is 0.499. The minimum Gasteiger partial charge on any atom is -0.497 e. The predicted octanol–water partition coefficient (Wildman–Crippen LogP) is 3.64. The number of aryl methyl sites for hydroxylation is 1. The molecule has 0 unspecified atom stereocenters. The fourth-order valence-electron chi connectivity index (χ4n) is 1.80. The SMILES string of the molecule is COc1ccc(CSc2cc(C)nc(Cl)c2OCN)cc1. The Morgan fingerprint density at radius 2 is 2.00 bits per heavy atom. The van der Waals surface area contributed by atoms with E-state index in [1.165, 1.54) is 5.56 Å². The van der Waals surface area contributed by atoms with Gasteiger partial charge in [0.15, 0.2) is 10.9 Å². The van der Waals surface area contributed by atoms with Crippen LogP contribution in [0.3, 0.4) is 0 Å². The summed E-state index contributed by atoms with van der Waals surface area (Å²) in [5.41, 5.74) is 7.48. The summed E-state index contributed by atoms with van der Waals surface area (Å²) in [7, 11) is 1.65. The molecule has 2 N–H and O–H groups in total. The van der Waals surface area contributed by atoms with Gasteiger partial charge < -0.3 is 9.47 Å². The molecule has 0 saturated carbocycles. The standard InChI is InChI=1S/C15H17ClN2O2S/c1-10-7-13(14(20-9-17)15(16)18-10)21-8-11-3-5-12(19-2)6-4-11/h3-7H,8-9,17H2,1-2H3. The van der Waals surface area contributed by atoms with Gasteiger partial charge in [-0.3, -0.25) is 5.73 Å². The van der Waals surface area contributed by atoms with E-state index >= 15 is 0 Å². The Labute approximate surface area is 133 Å². The molecule has 0 aliphatic heterocycles. The van der Waals surface area contributed by atoms with Crippen molar-refractivity contribution in [2.24, 2.45) is 5.73 Å². The van der Waals surface area contributed by atoms with E-state index in [9.17, 15) is 0 Å². The summed E-state index contributed by atoms with van der Waals surface area (Å²) in [6.07, 6.45) is 0. The van der Waals surface area contributed by atoms with Crippen molar-refractivity contribution in [1.29, 1.82) is 0 Å². The molecule has 0 atom stereocenters. The highest BCUT2D eigenvalue weighted by Crippen LogP contribution is 2.36. The van der Waals surface area contributed by atoms with Gasteiger partial charge in [0, 0.05) is 11.4 Å². The fraction of sp³-hybridized carbons (Fsp3) is 0.267. The second-order valence-corrected chi connectivity index (χ2v) is 5.70. The fourth-order valence-corrected chi connectivity index (χ4v) is 3.20. The first-order chi connectivity index (χ1) is 10.1. The molecule has 0 saturated heterocycles. The first-order valence-electron chi connectivity index (χ1n) is 6.39. The number of halogens is 1. The molecule has 0 bridgehead atoms. The lowest BCUT2D eigenvalue weighted by Gasteiger charge is -2.12. The van der Waals surface area contributed by atoms with Gasteiger partial charge >= 0.3 is 0 Å². The zero-order valence-corrected chi connectivity index (χ0v) is 13.5. The number of nitrogens with zero attached hydrogens (tertiary/aromatic N) is 1. The van der Waals surface area contributed by atoms with Gasteiger partial charge in [0.25, 0.3) is 0 Å². The highest BCUT2D eigenvalue weighted by atomic mass is 35.5. The number of aromatic nitrogens is 1. The Morgan fingerprint density at radius 3 is 2.62 bits per heavy atom. The van der Waals surface area contributed by atoms with Crippen LogP contribution in [0.1, 0.15) is 11.3 Å². The number of rotatable bonds is 6. The van der Waals surface area contributed by atoms with Gasteiger partial charge in [-0.05, 0) is 30.7 Å². The third kappa shape index (κ3) is 4.27. The average molecular weight is 325 g/mol. The molecule has 0 aliphatic rings. The first-order valence-corrected chi connectivity index (χ1v) is 7.76. The van der Waals surface area contributed by atoms with Crippen molar-refractivity contribution in [3.63, 3.8) is 0 Å². The van der Waals surface area contributed by atoms with Gasteiger partial charge in [0.1, 0.15) is 12.5 Å². The van der Waals surface area contributed by atoms with Crippen molar-refractivity contribution in [2.45, 2.75) is 17.6 Å². The second kappa shape index (κ2) is 7.54. The number of hydrogen-bond donors (Lipinski definition) is 1. The summed E-state index contributed by atoms with van der Waals surface area (Å²) < 4.78 is 10.5. The molecule has 0 aliphatic carbocycles. The Balaban J connectivity index is 2.14. The smallest absolute Gasteiger partial charge is 0.172 e. The van der Waals surface area contributed by atoms with Gasteiger partial charge in [-0.1, -0.05) is 23.7 Å². The maximum Gasteiger partial charge on any atom is 0.172 e. The van der Waals surface area contributed by atoms with E-state index in [4.69, 9.17) is 26.8 Å². The van der Waals surface area contributed by atoms with Crippen LogP contribution in [-0.4, -0.2) is 18.8 Å². The largest absolute Gasteiger partial charge is 0.497 e. The van der Waals surface area contributed by atoms with E-state index in [-0.39, 0.29) is 6.73 Å². The molecule has 1 aromatic heterocycles. The molecule has 2 rings (SSSR count). The van der Waals surface area contributed by atoms with Crippen molar-refractivity contribution >= 4 is 23.4 Å².